The third kappa shape index (κ3) is 4.04. The normalized spacial score (nSPS) is 10.2. The van der Waals surface area contributed by atoms with Crippen molar-refractivity contribution in [1.82, 2.24) is 0 Å². The molecule has 0 radical (unpaired) electrons. The van der Waals surface area contributed by atoms with E-state index in [1.807, 2.05) is 0 Å². The van der Waals surface area contributed by atoms with Gasteiger partial charge in [0.2, 0.25) is 0 Å². The van der Waals surface area contributed by atoms with Gasteiger partial charge in [-0.1, -0.05) is 0 Å². The van der Waals surface area contributed by atoms with Gasteiger partial charge in [0.15, 0.2) is 6.61 Å². The van der Waals surface area contributed by atoms with Gasteiger partial charge in [-0.15, -0.1) is 0 Å². The number of esters is 1. The summed E-state index contributed by atoms with van der Waals surface area (Å²) < 4.78 is 22.7. The molecule has 6 heteroatoms. The first-order valence-electron chi connectivity index (χ1n) is 5.25. The molecule has 5 nitrogen and oxygen atoms in total. The SMILES string of the molecule is CC(C)OC(=O)COc1ccc(F)cc1C(=O)O. The number of rotatable bonds is 5. The van der Waals surface area contributed by atoms with Crippen LogP contribution in [0.1, 0.15) is 24.2 Å². The molecule has 0 saturated carbocycles. The van der Waals surface area contributed by atoms with Gasteiger partial charge in [-0.25, -0.2) is 14.0 Å². The third-order valence-electron chi connectivity index (χ3n) is 1.88. The second-order valence-electron chi connectivity index (χ2n) is 3.77. The van der Waals surface area contributed by atoms with Gasteiger partial charge in [0, 0.05) is 0 Å². The van der Waals surface area contributed by atoms with Gasteiger partial charge < -0.3 is 14.6 Å². The highest BCUT2D eigenvalue weighted by molar-refractivity contribution is 5.91. The highest BCUT2D eigenvalue weighted by Crippen LogP contribution is 2.19. The monoisotopic (exact) mass is 256 g/mol. The summed E-state index contributed by atoms with van der Waals surface area (Å²) in [5.74, 6) is -2.72. The number of halogens is 1. The van der Waals surface area contributed by atoms with Crippen molar-refractivity contribution in [2.24, 2.45) is 0 Å². The van der Waals surface area contributed by atoms with Crippen LogP contribution in [0.15, 0.2) is 18.2 Å². The van der Waals surface area contributed by atoms with Crippen LogP contribution in [-0.2, 0) is 9.53 Å². The van der Waals surface area contributed by atoms with E-state index in [1.165, 1.54) is 0 Å². The van der Waals surface area contributed by atoms with Crippen molar-refractivity contribution in [3.63, 3.8) is 0 Å². The lowest BCUT2D eigenvalue weighted by atomic mass is 10.2. The Hall–Kier alpha value is -2.11. The molecule has 1 rings (SSSR count). The average Bonchev–Trinajstić information content (AvgIpc) is 2.26. The number of ether oxygens (including phenoxy) is 2. The fourth-order valence-corrected chi connectivity index (χ4v) is 1.23. The first kappa shape index (κ1) is 14.0. The molecule has 0 unspecified atom stereocenters. The maximum atomic E-state index is 12.9. The summed E-state index contributed by atoms with van der Waals surface area (Å²) in [5, 5.41) is 8.84. The Morgan fingerprint density at radius 1 is 1.39 bits per heavy atom. The standard InChI is InChI=1S/C12H13FO5/c1-7(2)18-11(14)6-17-10-4-3-8(13)5-9(10)12(15)16/h3-5,7H,6H2,1-2H3,(H,15,16). The molecule has 0 spiro atoms. The van der Waals surface area contributed by atoms with E-state index in [0.29, 0.717) is 0 Å². The van der Waals surface area contributed by atoms with Crippen molar-refractivity contribution < 1.29 is 28.6 Å². The molecular weight excluding hydrogens is 243 g/mol. The molecule has 0 aromatic heterocycles. The van der Waals surface area contributed by atoms with Gasteiger partial charge >= 0.3 is 11.9 Å². The van der Waals surface area contributed by atoms with Crippen molar-refractivity contribution in [2.75, 3.05) is 6.61 Å². The van der Waals surface area contributed by atoms with Gasteiger partial charge in [-0.2, -0.15) is 0 Å². The molecule has 1 aromatic carbocycles. The third-order valence-corrected chi connectivity index (χ3v) is 1.88. The molecular formula is C12H13FO5. The number of carbonyl (C=O) groups excluding carboxylic acids is 1. The van der Waals surface area contributed by atoms with E-state index in [4.69, 9.17) is 14.6 Å². The molecule has 0 aliphatic carbocycles. The topological polar surface area (TPSA) is 72.8 Å². The fraction of sp³-hybridized carbons (Fsp3) is 0.333. The molecule has 1 N–H and O–H groups in total. The summed E-state index contributed by atoms with van der Waals surface area (Å²) in [6.45, 7) is 2.93. The maximum absolute atomic E-state index is 12.9. The Bertz CT molecular complexity index is 456. The van der Waals surface area contributed by atoms with Gasteiger partial charge in [0.25, 0.3) is 0 Å². The summed E-state index contributed by atoms with van der Waals surface area (Å²) in [6.07, 6.45) is -0.284. The number of carbonyl (C=O) groups is 2. The van der Waals surface area contributed by atoms with Crippen LogP contribution in [0.3, 0.4) is 0 Å². The van der Waals surface area contributed by atoms with Gasteiger partial charge in [-0.3, -0.25) is 0 Å². The van der Waals surface area contributed by atoms with Crippen LogP contribution >= 0.6 is 0 Å². The highest BCUT2D eigenvalue weighted by atomic mass is 19.1. The first-order chi connectivity index (χ1) is 8.40. The number of benzene rings is 1. The molecule has 0 bridgehead atoms. The van der Waals surface area contributed by atoms with Gasteiger partial charge in [0.05, 0.1) is 6.10 Å². The number of hydrogen-bond donors (Lipinski definition) is 1. The van der Waals surface area contributed by atoms with E-state index in [1.54, 1.807) is 13.8 Å². The molecule has 18 heavy (non-hydrogen) atoms. The van der Waals surface area contributed by atoms with E-state index >= 15 is 0 Å². The number of aromatic carboxylic acids is 1. The van der Waals surface area contributed by atoms with Crippen molar-refractivity contribution in [3.05, 3.63) is 29.6 Å². The second-order valence-corrected chi connectivity index (χ2v) is 3.77. The smallest absolute Gasteiger partial charge is 0.344 e. The van der Waals surface area contributed by atoms with Crippen molar-refractivity contribution in [2.45, 2.75) is 20.0 Å². The average molecular weight is 256 g/mol. The second kappa shape index (κ2) is 6.00. The molecule has 0 fully saturated rings. The molecule has 98 valence electrons. The molecule has 0 aliphatic rings. The Labute approximate surface area is 103 Å². The Morgan fingerprint density at radius 3 is 2.61 bits per heavy atom. The summed E-state index contributed by atoms with van der Waals surface area (Å²) in [4.78, 5) is 22.0. The Morgan fingerprint density at radius 2 is 2.06 bits per heavy atom. The molecule has 0 amide bonds. The molecule has 0 heterocycles. The molecule has 1 aromatic rings. The minimum atomic E-state index is -1.33. The van der Waals surface area contributed by atoms with E-state index < -0.39 is 24.4 Å². The zero-order valence-corrected chi connectivity index (χ0v) is 9.97. The lowest BCUT2D eigenvalue weighted by molar-refractivity contribution is -0.149. The minimum absolute atomic E-state index is 0.0791. The van der Waals surface area contributed by atoms with E-state index in [-0.39, 0.29) is 17.4 Å². The lowest BCUT2D eigenvalue weighted by Crippen LogP contribution is -2.19. The van der Waals surface area contributed by atoms with Crippen LogP contribution in [0.5, 0.6) is 5.75 Å². The van der Waals surface area contributed by atoms with E-state index in [9.17, 15) is 14.0 Å². The van der Waals surface area contributed by atoms with Crippen molar-refractivity contribution >= 4 is 11.9 Å². The highest BCUT2D eigenvalue weighted by Gasteiger charge is 2.14. The van der Waals surface area contributed by atoms with Crippen LogP contribution < -0.4 is 4.74 Å². The maximum Gasteiger partial charge on any atom is 0.344 e. The van der Waals surface area contributed by atoms with Gasteiger partial charge in [0.1, 0.15) is 17.1 Å². The number of carboxylic acid groups (broad SMARTS) is 1. The zero-order chi connectivity index (χ0) is 13.7. The van der Waals surface area contributed by atoms with Crippen LogP contribution in [0.2, 0.25) is 0 Å². The molecule has 0 aliphatic heterocycles. The zero-order valence-electron chi connectivity index (χ0n) is 9.97. The van der Waals surface area contributed by atoms with Crippen LogP contribution in [0, 0.1) is 5.82 Å². The van der Waals surface area contributed by atoms with E-state index in [2.05, 4.69) is 0 Å². The summed E-state index contributed by atoms with van der Waals surface area (Å²) >= 11 is 0. The summed E-state index contributed by atoms with van der Waals surface area (Å²) in [6, 6.07) is 3.03. The minimum Gasteiger partial charge on any atom is -0.481 e. The van der Waals surface area contributed by atoms with Crippen molar-refractivity contribution in [3.8, 4) is 5.75 Å². The first-order valence-corrected chi connectivity index (χ1v) is 5.25. The molecule has 0 saturated heterocycles. The molecule has 0 atom stereocenters. The lowest BCUT2D eigenvalue weighted by Gasteiger charge is -2.10. The predicted molar refractivity (Wildman–Crippen MR) is 60.1 cm³/mol. The van der Waals surface area contributed by atoms with Crippen LogP contribution in [0.4, 0.5) is 4.39 Å². The van der Waals surface area contributed by atoms with Crippen molar-refractivity contribution in [1.29, 1.82) is 0 Å². The Kier molecular flexibility index (Phi) is 4.65. The van der Waals surface area contributed by atoms with Gasteiger partial charge in [-0.05, 0) is 32.0 Å². The predicted octanol–water partition coefficient (Wildman–Crippen LogP) is 1.85. The quantitative estimate of drug-likeness (QED) is 0.814. The summed E-state index contributed by atoms with van der Waals surface area (Å²) in [7, 11) is 0. The fourth-order valence-electron chi connectivity index (χ4n) is 1.23. The largest absolute Gasteiger partial charge is 0.481 e. The summed E-state index contributed by atoms with van der Waals surface area (Å²) in [5.41, 5.74) is -0.340. The van der Waals surface area contributed by atoms with Crippen LogP contribution in [0.25, 0.3) is 0 Å². The number of hydrogen-bond acceptors (Lipinski definition) is 4. The Balaban J connectivity index is 2.73. The van der Waals surface area contributed by atoms with Crippen LogP contribution in [-0.4, -0.2) is 29.8 Å². The number of carboxylic acids is 1. The van der Waals surface area contributed by atoms with E-state index in [0.717, 1.165) is 18.2 Å².